The largest absolute Gasteiger partial charge is 0.435 e. The van der Waals surface area contributed by atoms with Gasteiger partial charge >= 0.3 is 5.97 Å². The maximum atomic E-state index is 12.0. The first-order valence-electron chi connectivity index (χ1n) is 6.67. The minimum Gasteiger partial charge on any atom is -0.435 e. The molecule has 4 nitrogen and oxygen atoms in total. The first-order chi connectivity index (χ1) is 8.12. The van der Waals surface area contributed by atoms with Gasteiger partial charge in [0, 0.05) is 5.41 Å². The summed E-state index contributed by atoms with van der Waals surface area (Å²) < 4.78 is 11.0. The first-order valence-corrected chi connectivity index (χ1v) is 6.67. The van der Waals surface area contributed by atoms with E-state index in [0.29, 0.717) is 12.3 Å². The normalized spacial score (nSPS) is 31.3. The van der Waals surface area contributed by atoms with E-state index in [0.717, 1.165) is 0 Å². The van der Waals surface area contributed by atoms with Gasteiger partial charge in [-0.25, -0.2) is 0 Å². The molecule has 0 saturated carbocycles. The Bertz CT molecular complexity index is 293. The molecule has 0 aromatic rings. The standard InChI is InChI=1S/C14H26O4/c1-8(2)7-10(15)11-9(3)17-13(14(4,5)6)18-12(11)16/h8-11,13,15H,7H2,1-6H3/t9-,10+,11+,13-/m1/s1. The summed E-state index contributed by atoms with van der Waals surface area (Å²) in [7, 11) is 0. The highest BCUT2D eigenvalue weighted by atomic mass is 16.7. The zero-order chi connectivity index (χ0) is 14.1. The molecule has 106 valence electrons. The van der Waals surface area contributed by atoms with Gasteiger partial charge in [-0.05, 0) is 19.3 Å². The number of carbonyl (C=O) groups is 1. The van der Waals surface area contributed by atoms with Crippen molar-refractivity contribution in [3.8, 4) is 0 Å². The van der Waals surface area contributed by atoms with Gasteiger partial charge in [-0.15, -0.1) is 0 Å². The van der Waals surface area contributed by atoms with E-state index in [1.54, 1.807) is 0 Å². The zero-order valence-electron chi connectivity index (χ0n) is 12.3. The Morgan fingerprint density at radius 1 is 1.33 bits per heavy atom. The second-order valence-corrected chi connectivity index (χ2v) is 6.70. The van der Waals surface area contributed by atoms with Crippen molar-refractivity contribution in [1.82, 2.24) is 0 Å². The molecule has 0 unspecified atom stereocenters. The van der Waals surface area contributed by atoms with Crippen LogP contribution in [0.4, 0.5) is 0 Å². The maximum Gasteiger partial charge on any atom is 0.316 e. The fraction of sp³-hybridized carbons (Fsp3) is 0.929. The summed E-state index contributed by atoms with van der Waals surface area (Å²) in [6.07, 6.45) is -0.978. The molecule has 1 saturated heterocycles. The van der Waals surface area contributed by atoms with E-state index in [4.69, 9.17) is 9.47 Å². The molecule has 0 aromatic carbocycles. The van der Waals surface area contributed by atoms with E-state index in [2.05, 4.69) is 0 Å². The highest BCUT2D eigenvalue weighted by Crippen LogP contribution is 2.33. The van der Waals surface area contributed by atoms with Gasteiger partial charge in [-0.2, -0.15) is 0 Å². The van der Waals surface area contributed by atoms with E-state index >= 15 is 0 Å². The lowest BCUT2D eigenvalue weighted by Gasteiger charge is -2.40. The predicted molar refractivity (Wildman–Crippen MR) is 68.8 cm³/mol. The molecule has 18 heavy (non-hydrogen) atoms. The van der Waals surface area contributed by atoms with E-state index in [1.165, 1.54) is 0 Å². The van der Waals surface area contributed by atoms with Gasteiger partial charge in [0.1, 0.15) is 5.92 Å². The number of hydrogen-bond donors (Lipinski definition) is 1. The molecule has 0 amide bonds. The first kappa shape index (κ1) is 15.4. The summed E-state index contributed by atoms with van der Waals surface area (Å²) >= 11 is 0. The van der Waals surface area contributed by atoms with Gasteiger partial charge in [0.15, 0.2) is 0 Å². The van der Waals surface area contributed by atoms with E-state index in [1.807, 2.05) is 41.5 Å². The van der Waals surface area contributed by atoms with Crippen LogP contribution in [0.2, 0.25) is 0 Å². The number of aliphatic hydroxyl groups is 1. The third-order valence-electron chi connectivity index (χ3n) is 3.17. The molecule has 1 rings (SSSR count). The van der Waals surface area contributed by atoms with Gasteiger partial charge in [0.05, 0.1) is 12.2 Å². The van der Waals surface area contributed by atoms with Crippen molar-refractivity contribution in [2.24, 2.45) is 17.3 Å². The van der Waals surface area contributed by atoms with E-state index in [9.17, 15) is 9.90 Å². The molecule has 0 radical (unpaired) electrons. The molecule has 1 N–H and O–H groups in total. The molecular formula is C14H26O4. The lowest BCUT2D eigenvalue weighted by molar-refractivity contribution is -0.261. The summed E-state index contributed by atoms with van der Waals surface area (Å²) in [6, 6.07) is 0. The fourth-order valence-electron chi connectivity index (χ4n) is 2.16. The molecule has 1 fully saturated rings. The molecule has 0 aliphatic carbocycles. The summed E-state index contributed by atoms with van der Waals surface area (Å²) in [5.41, 5.74) is -0.252. The molecule has 1 aliphatic rings. The Hall–Kier alpha value is -0.610. The monoisotopic (exact) mass is 258 g/mol. The highest BCUT2D eigenvalue weighted by Gasteiger charge is 2.44. The number of cyclic esters (lactones) is 1. The van der Waals surface area contributed by atoms with E-state index < -0.39 is 18.3 Å². The SMILES string of the molecule is CC(C)C[C@H](O)[C@H]1C(=O)O[C@H](C(C)(C)C)O[C@@H]1C. The second kappa shape index (κ2) is 5.57. The lowest BCUT2D eigenvalue weighted by atomic mass is 9.88. The smallest absolute Gasteiger partial charge is 0.316 e. The Balaban J connectivity index is 2.72. The fourth-order valence-corrected chi connectivity index (χ4v) is 2.16. The topological polar surface area (TPSA) is 55.8 Å². The quantitative estimate of drug-likeness (QED) is 0.789. The lowest BCUT2D eigenvalue weighted by Crippen LogP contribution is -2.51. The molecule has 1 heterocycles. The van der Waals surface area contributed by atoms with Crippen LogP contribution in [0, 0.1) is 17.3 Å². The molecule has 1 aliphatic heterocycles. The third-order valence-corrected chi connectivity index (χ3v) is 3.17. The average molecular weight is 258 g/mol. The van der Waals surface area contributed by atoms with Crippen LogP contribution in [0.15, 0.2) is 0 Å². The summed E-state index contributed by atoms with van der Waals surface area (Å²) in [4.78, 5) is 12.0. The van der Waals surface area contributed by atoms with Gasteiger partial charge in [0.25, 0.3) is 0 Å². The van der Waals surface area contributed by atoms with Crippen LogP contribution in [-0.2, 0) is 14.3 Å². The summed E-state index contributed by atoms with van der Waals surface area (Å²) in [6.45, 7) is 11.7. The van der Waals surface area contributed by atoms with E-state index in [-0.39, 0.29) is 17.5 Å². The molecule has 0 aromatic heterocycles. The van der Waals surface area contributed by atoms with Crippen LogP contribution < -0.4 is 0 Å². The summed E-state index contributed by atoms with van der Waals surface area (Å²) in [5.74, 6) is -0.590. The van der Waals surface area contributed by atoms with Crippen LogP contribution in [0.5, 0.6) is 0 Å². The molecular weight excluding hydrogens is 232 g/mol. The predicted octanol–water partition coefficient (Wildman–Crippen LogP) is 2.34. The second-order valence-electron chi connectivity index (χ2n) is 6.70. The Morgan fingerprint density at radius 3 is 2.28 bits per heavy atom. The number of carbonyl (C=O) groups excluding carboxylic acids is 1. The maximum absolute atomic E-state index is 12.0. The minimum atomic E-state index is -0.701. The number of ether oxygens (including phenoxy) is 2. The van der Waals surface area contributed by atoms with Gasteiger partial charge < -0.3 is 14.6 Å². The van der Waals surface area contributed by atoms with Gasteiger partial charge in [-0.3, -0.25) is 4.79 Å². The summed E-state index contributed by atoms with van der Waals surface area (Å²) in [5, 5.41) is 10.1. The molecule has 0 bridgehead atoms. The molecule has 0 spiro atoms. The van der Waals surface area contributed by atoms with Gasteiger partial charge in [0.2, 0.25) is 6.29 Å². The number of esters is 1. The van der Waals surface area contributed by atoms with Crippen molar-refractivity contribution in [3.63, 3.8) is 0 Å². The average Bonchev–Trinajstić information content (AvgIpc) is 2.13. The van der Waals surface area contributed by atoms with Crippen LogP contribution in [0.25, 0.3) is 0 Å². The van der Waals surface area contributed by atoms with Crippen LogP contribution in [0.1, 0.15) is 48.0 Å². The van der Waals surface area contributed by atoms with Crippen LogP contribution >= 0.6 is 0 Å². The van der Waals surface area contributed by atoms with Crippen LogP contribution in [0.3, 0.4) is 0 Å². The van der Waals surface area contributed by atoms with Crippen molar-refractivity contribution in [2.75, 3.05) is 0 Å². The Labute approximate surface area is 110 Å². The van der Waals surface area contributed by atoms with Crippen molar-refractivity contribution < 1.29 is 19.4 Å². The highest BCUT2D eigenvalue weighted by molar-refractivity contribution is 5.74. The third kappa shape index (κ3) is 3.69. The number of aliphatic hydroxyl groups excluding tert-OH is 1. The number of hydrogen-bond acceptors (Lipinski definition) is 4. The Kier molecular flexibility index (Phi) is 4.78. The number of rotatable bonds is 3. The molecule has 4 atom stereocenters. The zero-order valence-corrected chi connectivity index (χ0v) is 12.3. The van der Waals surface area contributed by atoms with Crippen molar-refractivity contribution in [1.29, 1.82) is 0 Å². The van der Waals surface area contributed by atoms with Crippen LogP contribution in [-0.4, -0.2) is 29.6 Å². The van der Waals surface area contributed by atoms with Crippen molar-refractivity contribution >= 4 is 5.97 Å². The minimum absolute atomic E-state index is 0.252. The Morgan fingerprint density at radius 2 is 1.89 bits per heavy atom. The van der Waals surface area contributed by atoms with Crippen molar-refractivity contribution in [3.05, 3.63) is 0 Å². The van der Waals surface area contributed by atoms with Gasteiger partial charge in [-0.1, -0.05) is 34.6 Å². The van der Waals surface area contributed by atoms with Crippen molar-refractivity contribution in [2.45, 2.75) is 66.5 Å². The molecule has 4 heteroatoms.